The number of unbranched alkanes of at least 4 members (excludes halogenated alkanes) is 4. The number of allylic oxidation sites excluding steroid dienone is 2. The van der Waals surface area contributed by atoms with Crippen LogP contribution in [-0.2, 0) is 25.7 Å². The number of hydrogen-bond acceptors (Lipinski definition) is 0. The molecule has 1 aliphatic carbocycles. The van der Waals surface area contributed by atoms with Crippen LogP contribution < -0.4 is 0 Å². The molecule has 0 unspecified atom stereocenters. The van der Waals surface area contributed by atoms with Gasteiger partial charge in [-0.3, -0.25) is 0 Å². The van der Waals surface area contributed by atoms with Gasteiger partial charge < -0.3 is 0 Å². The van der Waals surface area contributed by atoms with Gasteiger partial charge in [0.25, 0.3) is 0 Å². The normalized spacial score (nSPS) is 12.3. The molecule has 0 atom stereocenters. The van der Waals surface area contributed by atoms with Gasteiger partial charge in [0.1, 0.15) is 0 Å². The highest BCUT2D eigenvalue weighted by molar-refractivity contribution is 5.73. The molecule has 0 bridgehead atoms. The van der Waals surface area contributed by atoms with Gasteiger partial charge in [0, 0.05) is 0 Å². The Bertz CT molecular complexity index is 685. The topological polar surface area (TPSA) is 0 Å². The summed E-state index contributed by atoms with van der Waals surface area (Å²) in [5.41, 5.74) is 8.98. The summed E-state index contributed by atoms with van der Waals surface area (Å²) in [7, 11) is 0. The van der Waals surface area contributed by atoms with E-state index in [4.69, 9.17) is 0 Å². The average molecular weight is 345 g/mol. The third-order valence-corrected chi connectivity index (χ3v) is 5.54. The molecular weight excluding hydrogens is 312 g/mol. The molecule has 0 saturated carbocycles. The van der Waals surface area contributed by atoms with Crippen LogP contribution in [0, 0.1) is 0 Å². The molecule has 3 rings (SSSR count). The monoisotopic (exact) mass is 344 g/mol. The van der Waals surface area contributed by atoms with E-state index in [0.717, 1.165) is 12.8 Å². The maximum absolute atomic E-state index is 3.81. The maximum atomic E-state index is 3.81. The molecule has 0 heteroatoms. The highest BCUT2D eigenvalue weighted by atomic mass is 14.2. The minimum Gasteiger partial charge on any atom is -0.103 e. The van der Waals surface area contributed by atoms with Gasteiger partial charge in [0.05, 0.1) is 0 Å². The van der Waals surface area contributed by atoms with E-state index in [1.54, 1.807) is 0 Å². The van der Waals surface area contributed by atoms with Gasteiger partial charge in [-0.2, -0.15) is 0 Å². The molecule has 0 heterocycles. The molecule has 0 aromatic heterocycles. The van der Waals surface area contributed by atoms with E-state index in [0.29, 0.717) is 0 Å². The number of aryl methyl sites for hydroxylation is 4. The molecule has 0 saturated heterocycles. The summed E-state index contributed by atoms with van der Waals surface area (Å²) >= 11 is 0. The molecule has 0 spiro atoms. The minimum absolute atomic E-state index is 1.13. The largest absolute Gasteiger partial charge is 0.103 e. The van der Waals surface area contributed by atoms with Crippen molar-refractivity contribution in [3.63, 3.8) is 0 Å². The molecule has 2 aromatic carbocycles. The van der Waals surface area contributed by atoms with Crippen molar-refractivity contribution in [1.29, 1.82) is 0 Å². The average Bonchev–Trinajstić information content (AvgIpc) is 2.68. The molecule has 1 aliphatic rings. The van der Waals surface area contributed by atoms with E-state index in [1.807, 2.05) is 12.2 Å². The zero-order valence-electron chi connectivity index (χ0n) is 16.1. The lowest BCUT2D eigenvalue weighted by molar-refractivity contribution is 0.745. The van der Waals surface area contributed by atoms with Gasteiger partial charge >= 0.3 is 0 Å². The molecule has 0 aliphatic heterocycles. The van der Waals surface area contributed by atoms with Gasteiger partial charge in [0.2, 0.25) is 0 Å². The zero-order chi connectivity index (χ0) is 18.2. The third-order valence-electron chi connectivity index (χ3n) is 5.54. The molecule has 0 fully saturated rings. The lowest BCUT2D eigenvalue weighted by atomic mass is 9.83. The Morgan fingerprint density at radius 2 is 1.12 bits per heavy atom. The van der Waals surface area contributed by atoms with Crippen molar-refractivity contribution in [3.8, 4) is 11.1 Å². The van der Waals surface area contributed by atoms with Crippen LogP contribution in [0.2, 0.25) is 0 Å². The van der Waals surface area contributed by atoms with Gasteiger partial charge in [0.15, 0.2) is 0 Å². The van der Waals surface area contributed by atoms with Crippen LogP contribution in [-0.4, -0.2) is 0 Å². The van der Waals surface area contributed by atoms with Crippen molar-refractivity contribution in [2.45, 2.75) is 64.2 Å². The van der Waals surface area contributed by atoms with Crippen LogP contribution in [0.25, 0.3) is 11.1 Å². The predicted molar refractivity (Wildman–Crippen MR) is 115 cm³/mol. The molecule has 0 radical (unpaired) electrons. The van der Waals surface area contributed by atoms with Crippen LogP contribution in [0.3, 0.4) is 0 Å². The predicted octanol–water partition coefficient (Wildman–Crippen LogP) is 7.25. The van der Waals surface area contributed by atoms with E-state index in [-0.39, 0.29) is 0 Å². The fraction of sp³-hybridized carbons (Fsp3) is 0.385. The first kappa shape index (κ1) is 18.7. The van der Waals surface area contributed by atoms with E-state index >= 15 is 0 Å². The van der Waals surface area contributed by atoms with E-state index in [1.165, 1.54) is 84.7 Å². The summed E-state index contributed by atoms with van der Waals surface area (Å²) in [5.74, 6) is 0. The highest BCUT2D eigenvalue weighted by Gasteiger charge is 2.16. The maximum Gasteiger partial charge on any atom is -0.0149 e. The van der Waals surface area contributed by atoms with Crippen LogP contribution in [0.1, 0.15) is 60.8 Å². The smallest absolute Gasteiger partial charge is 0.0149 e. The van der Waals surface area contributed by atoms with E-state index in [2.05, 4.69) is 49.6 Å². The summed E-state index contributed by atoms with van der Waals surface area (Å²) in [6.07, 6.45) is 16.1. The molecule has 2 aromatic rings. The zero-order valence-corrected chi connectivity index (χ0v) is 16.1. The lowest BCUT2D eigenvalue weighted by Gasteiger charge is -2.21. The van der Waals surface area contributed by atoms with Crippen LogP contribution in [0.4, 0.5) is 0 Å². The lowest BCUT2D eigenvalue weighted by Crippen LogP contribution is -2.05. The van der Waals surface area contributed by atoms with Crippen molar-refractivity contribution in [1.82, 2.24) is 0 Å². The molecular formula is C26H32. The van der Waals surface area contributed by atoms with Crippen molar-refractivity contribution < 1.29 is 0 Å². The number of rotatable bonds is 10. The summed E-state index contributed by atoms with van der Waals surface area (Å²) < 4.78 is 0. The summed E-state index contributed by atoms with van der Waals surface area (Å²) in [6, 6.07) is 14.3. The molecule has 136 valence electrons. The number of hydrogen-bond donors (Lipinski definition) is 0. The van der Waals surface area contributed by atoms with Gasteiger partial charge in [-0.1, -0.05) is 48.6 Å². The molecule has 0 nitrogen and oxygen atoms in total. The van der Waals surface area contributed by atoms with Crippen LogP contribution >= 0.6 is 0 Å². The Morgan fingerprint density at radius 3 is 1.54 bits per heavy atom. The fourth-order valence-corrected chi connectivity index (χ4v) is 4.05. The van der Waals surface area contributed by atoms with Crippen molar-refractivity contribution in [2.24, 2.45) is 0 Å². The Labute approximate surface area is 159 Å². The second-order valence-electron chi connectivity index (χ2n) is 7.55. The van der Waals surface area contributed by atoms with Crippen LogP contribution in [0.15, 0.2) is 61.7 Å². The highest BCUT2D eigenvalue weighted by Crippen LogP contribution is 2.35. The SMILES string of the molecule is C=CCCCCc1ccc2c(c1)CCc1cc(CCCCC=C)ccc1-2. The van der Waals surface area contributed by atoms with Crippen molar-refractivity contribution in [2.75, 3.05) is 0 Å². The summed E-state index contributed by atoms with van der Waals surface area (Å²) in [4.78, 5) is 0. The number of fused-ring (bicyclic) bond motifs is 3. The van der Waals surface area contributed by atoms with E-state index in [9.17, 15) is 0 Å². The van der Waals surface area contributed by atoms with Gasteiger partial charge in [-0.05, 0) is 97.6 Å². The second-order valence-corrected chi connectivity index (χ2v) is 7.55. The summed E-state index contributed by atoms with van der Waals surface area (Å²) in [6.45, 7) is 7.62. The molecule has 0 amide bonds. The Morgan fingerprint density at radius 1 is 0.654 bits per heavy atom. The van der Waals surface area contributed by atoms with Crippen molar-refractivity contribution >= 4 is 0 Å². The quantitative estimate of drug-likeness (QED) is 0.314. The van der Waals surface area contributed by atoms with Crippen LogP contribution in [0.5, 0.6) is 0 Å². The summed E-state index contributed by atoms with van der Waals surface area (Å²) in [5, 5.41) is 0. The number of benzene rings is 2. The van der Waals surface area contributed by atoms with Gasteiger partial charge in [-0.15, -0.1) is 13.2 Å². The van der Waals surface area contributed by atoms with Gasteiger partial charge in [-0.25, -0.2) is 0 Å². The van der Waals surface area contributed by atoms with E-state index < -0.39 is 0 Å². The standard InChI is InChI=1S/C26H32/c1-3-5-7-9-11-21-13-17-25-23(19-21)15-16-24-20-22(14-18-26(24)25)12-10-8-6-4-2/h3-4,13-14,17-20H,1-2,5-12,15-16H2. The first-order valence-corrected chi connectivity index (χ1v) is 10.3. The minimum atomic E-state index is 1.13. The fourth-order valence-electron chi connectivity index (χ4n) is 4.05. The second kappa shape index (κ2) is 9.57. The molecule has 0 N–H and O–H groups in total. The third kappa shape index (κ3) is 4.75. The Hall–Kier alpha value is -2.08. The first-order valence-electron chi connectivity index (χ1n) is 10.3. The van der Waals surface area contributed by atoms with Crippen molar-refractivity contribution in [3.05, 3.63) is 84.0 Å². The Balaban J connectivity index is 1.68. The molecule has 26 heavy (non-hydrogen) atoms. The first-order chi connectivity index (χ1) is 12.8. The Kier molecular flexibility index (Phi) is 6.89.